The summed E-state index contributed by atoms with van der Waals surface area (Å²) in [5.41, 5.74) is 7.58. The van der Waals surface area contributed by atoms with Gasteiger partial charge in [0.15, 0.2) is 0 Å². The van der Waals surface area contributed by atoms with E-state index in [1.807, 2.05) is 0 Å². The molecule has 3 N–H and O–H groups in total. The highest BCUT2D eigenvalue weighted by atomic mass is 35.5. The molecule has 1 aliphatic rings. The molecule has 1 aromatic heterocycles. The molecule has 1 fully saturated rings. The Morgan fingerprint density at radius 3 is 2.48 bits per heavy atom. The van der Waals surface area contributed by atoms with Gasteiger partial charge in [-0.15, -0.1) is 0 Å². The summed E-state index contributed by atoms with van der Waals surface area (Å²) in [5.74, 6) is -0.0831. The summed E-state index contributed by atoms with van der Waals surface area (Å²) < 4.78 is 0. The molecule has 0 saturated carbocycles. The van der Waals surface area contributed by atoms with Crippen LogP contribution in [0.2, 0.25) is 5.02 Å². The summed E-state index contributed by atoms with van der Waals surface area (Å²) in [6, 6.07) is 8.20. The monoisotopic (exact) mass is 332 g/mol. The highest BCUT2D eigenvalue weighted by Crippen LogP contribution is 2.21. The number of carbonyl (C=O) groups excluding carboxylic acids is 1. The lowest BCUT2D eigenvalue weighted by Gasteiger charge is -2.36. The molecule has 2 heterocycles. The lowest BCUT2D eigenvalue weighted by molar-refractivity contribution is 0.0748. The van der Waals surface area contributed by atoms with E-state index in [0.29, 0.717) is 42.5 Å². The van der Waals surface area contributed by atoms with Gasteiger partial charge in [-0.2, -0.15) is 0 Å². The molecule has 0 atom stereocenters. The highest BCUT2D eigenvalue weighted by molar-refractivity contribution is 6.31. The Balaban J connectivity index is 1.67. The molecule has 0 radical (unpaired) electrons. The Bertz CT molecular complexity index is 761. The number of amides is 1. The molecule has 3 rings (SSSR count). The first-order chi connectivity index (χ1) is 11.0. The number of anilines is 2. The van der Waals surface area contributed by atoms with Gasteiger partial charge in [-0.3, -0.25) is 9.59 Å². The van der Waals surface area contributed by atoms with Crippen LogP contribution in [0.5, 0.6) is 0 Å². The summed E-state index contributed by atoms with van der Waals surface area (Å²) in [4.78, 5) is 30.2. The molecular weight excluding hydrogens is 316 g/mol. The van der Waals surface area contributed by atoms with Gasteiger partial charge in [0.05, 0.1) is 11.3 Å². The molecule has 0 unspecified atom stereocenters. The molecule has 120 valence electrons. The number of rotatable bonds is 2. The van der Waals surface area contributed by atoms with E-state index in [4.69, 9.17) is 17.3 Å². The van der Waals surface area contributed by atoms with E-state index in [0.717, 1.165) is 5.69 Å². The van der Waals surface area contributed by atoms with Crippen LogP contribution in [0, 0.1) is 0 Å². The van der Waals surface area contributed by atoms with Gasteiger partial charge in [-0.25, -0.2) is 0 Å². The van der Waals surface area contributed by atoms with Crippen molar-refractivity contribution in [3.8, 4) is 0 Å². The van der Waals surface area contributed by atoms with Gasteiger partial charge in [0.2, 0.25) is 5.56 Å². The molecular formula is C16H17ClN4O2. The van der Waals surface area contributed by atoms with Crippen molar-refractivity contribution in [2.45, 2.75) is 0 Å². The van der Waals surface area contributed by atoms with E-state index in [1.54, 1.807) is 35.4 Å². The molecule has 0 aliphatic carbocycles. The fraction of sp³-hybridized carbons (Fsp3) is 0.250. The first-order valence-corrected chi connectivity index (χ1v) is 7.70. The van der Waals surface area contributed by atoms with Crippen molar-refractivity contribution in [1.29, 1.82) is 0 Å². The van der Waals surface area contributed by atoms with Crippen molar-refractivity contribution >= 4 is 28.9 Å². The number of halogens is 1. The summed E-state index contributed by atoms with van der Waals surface area (Å²) in [7, 11) is 0. The van der Waals surface area contributed by atoms with Crippen LogP contribution in [0.25, 0.3) is 0 Å². The van der Waals surface area contributed by atoms with Gasteiger partial charge in [0.1, 0.15) is 0 Å². The largest absolute Gasteiger partial charge is 0.398 e. The first-order valence-electron chi connectivity index (χ1n) is 7.32. The van der Waals surface area contributed by atoms with Gasteiger partial charge in [-0.1, -0.05) is 11.6 Å². The third kappa shape index (κ3) is 3.32. The lowest BCUT2D eigenvalue weighted by Crippen LogP contribution is -2.49. The number of nitrogens with two attached hydrogens (primary N) is 1. The maximum atomic E-state index is 12.6. The minimum absolute atomic E-state index is 0.0831. The number of pyridine rings is 1. The highest BCUT2D eigenvalue weighted by Gasteiger charge is 2.23. The van der Waals surface area contributed by atoms with Crippen LogP contribution < -0.4 is 16.2 Å². The van der Waals surface area contributed by atoms with Crippen LogP contribution in [0.4, 0.5) is 11.4 Å². The van der Waals surface area contributed by atoms with E-state index >= 15 is 0 Å². The number of nitrogens with one attached hydrogen (secondary N) is 1. The fourth-order valence-electron chi connectivity index (χ4n) is 2.67. The van der Waals surface area contributed by atoms with Crippen LogP contribution in [-0.4, -0.2) is 42.0 Å². The number of aromatic nitrogens is 1. The second-order valence-corrected chi connectivity index (χ2v) is 5.86. The Morgan fingerprint density at radius 1 is 1.13 bits per heavy atom. The number of H-pyrrole nitrogens is 1. The predicted octanol–water partition coefficient (Wildman–Crippen LogP) is 1.57. The fourth-order valence-corrected chi connectivity index (χ4v) is 2.85. The SMILES string of the molecule is Nc1cc(Cl)ccc1C(=O)N1CCN(c2ccc(=O)[nH]c2)CC1. The quantitative estimate of drug-likeness (QED) is 0.818. The topological polar surface area (TPSA) is 82.4 Å². The zero-order valence-corrected chi connectivity index (χ0v) is 13.2. The number of aromatic amines is 1. The summed E-state index contributed by atoms with van der Waals surface area (Å²) >= 11 is 5.87. The maximum absolute atomic E-state index is 12.6. The van der Waals surface area contributed by atoms with Crippen LogP contribution >= 0.6 is 11.6 Å². The van der Waals surface area contributed by atoms with E-state index in [-0.39, 0.29) is 11.5 Å². The van der Waals surface area contributed by atoms with Gasteiger partial charge >= 0.3 is 0 Å². The van der Waals surface area contributed by atoms with Crippen molar-refractivity contribution in [2.24, 2.45) is 0 Å². The number of benzene rings is 1. The standard InChI is InChI=1S/C16H17ClN4O2/c17-11-1-3-13(14(18)9-11)16(23)21-7-5-20(6-8-21)12-2-4-15(22)19-10-12/h1-4,9-10H,5-8,18H2,(H,19,22). The van der Waals surface area contributed by atoms with Crippen LogP contribution in [0.3, 0.4) is 0 Å². The number of nitrogen functional groups attached to an aromatic ring is 1. The average Bonchev–Trinajstić information content (AvgIpc) is 2.55. The number of nitrogens with zero attached hydrogens (tertiary/aromatic N) is 2. The van der Waals surface area contributed by atoms with Crippen molar-refractivity contribution < 1.29 is 4.79 Å². The number of carbonyl (C=O) groups is 1. The Kier molecular flexibility index (Phi) is 4.25. The Labute approximate surface area is 138 Å². The minimum atomic E-state index is -0.124. The summed E-state index contributed by atoms with van der Waals surface area (Å²) in [6.07, 6.45) is 1.69. The Hall–Kier alpha value is -2.47. The van der Waals surface area contributed by atoms with Crippen molar-refractivity contribution in [2.75, 3.05) is 36.8 Å². The smallest absolute Gasteiger partial charge is 0.256 e. The summed E-state index contributed by atoms with van der Waals surface area (Å²) in [5, 5.41) is 0.516. The van der Waals surface area contributed by atoms with Gasteiger partial charge in [0.25, 0.3) is 5.91 Å². The predicted molar refractivity (Wildman–Crippen MR) is 91.0 cm³/mol. The number of piperazine rings is 1. The third-order valence-electron chi connectivity index (χ3n) is 3.94. The Morgan fingerprint density at radius 2 is 1.87 bits per heavy atom. The van der Waals surface area contributed by atoms with Gasteiger partial charge < -0.3 is 20.5 Å². The van der Waals surface area contributed by atoms with Crippen molar-refractivity contribution in [3.63, 3.8) is 0 Å². The molecule has 1 aromatic carbocycles. The minimum Gasteiger partial charge on any atom is -0.398 e. The molecule has 6 nitrogen and oxygen atoms in total. The van der Waals surface area contributed by atoms with Crippen molar-refractivity contribution in [1.82, 2.24) is 9.88 Å². The van der Waals surface area contributed by atoms with Gasteiger partial charge in [0, 0.05) is 49.2 Å². The van der Waals surface area contributed by atoms with Crippen molar-refractivity contribution in [3.05, 3.63) is 57.5 Å². The van der Waals surface area contributed by atoms with Crippen LogP contribution in [-0.2, 0) is 0 Å². The number of hydrogen-bond donors (Lipinski definition) is 2. The molecule has 2 aromatic rings. The normalized spacial score (nSPS) is 14.8. The lowest BCUT2D eigenvalue weighted by atomic mass is 10.1. The van der Waals surface area contributed by atoms with E-state index in [9.17, 15) is 9.59 Å². The molecule has 1 amide bonds. The van der Waals surface area contributed by atoms with E-state index in [1.165, 1.54) is 6.07 Å². The van der Waals surface area contributed by atoms with Crippen LogP contribution in [0.15, 0.2) is 41.3 Å². The van der Waals surface area contributed by atoms with E-state index in [2.05, 4.69) is 9.88 Å². The molecule has 23 heavy (non-hydrogen) atoms. The third-order valence-corrected chi connectivity index (χ3v) is 4.18. The molecule has 0 bridgehead atoms. The summed E-state index contributed by atoms with van der Waals surface area (Å²) in [6.45, 7) is 2.59. The molecule has 7 heteroatoms. The zero-order valence-electron chi connectivity index (χ0n) is 12.5. The molecule has 1 saturated heterocycles. The van der Waals surface area contributed by atoms with Gasteiger partial charge in [-0.05, 0) is 24.3 Å². The number of hydrogen-bond acceptors (Lipinski definition) is 4. The van der Waals surface area contributed by atoms with Crippen LogP contribution in [0.1, 0.15) is 10.4 Å². The average molecular weight is 333 g/mol. The molecule has 0 spiro atoms. The molecule has 1 aliphatic heterocycles. The maximum Gasteiger partial charge on any atom is 0.256 e. The second-order valence-electron chi connectivity index (χ2n) is 5.42. The second kappa shape index (κ2) is 6.34. The first kappa shape index (κ1) is 15.4. The van der Waals surface area contributed by atoms with E-state index < -0.39 is 0 Å². The zero-order chi connectivity index (χ0) is 16.4.